The van der Waals surface area contributed by atoms with E-state index in [1.165, 1.54) is 5.57 Å². The molecule has 1 N–H and O–H groups in total. The summed E-state index contributed by atoms with van der Waals surface area (Å²) in [5.41, 5.74) is -0.424. The van der Waals surface area contributed by atoms with E-state index in [4.69, 9.17) is 14.2 Å². The molecular formula is C24H32O6. The van der Waals surface area contributed by atoms with Gasteiger partial charge in [-0.05, 0) is 69.3 Å². The average Bonchev–Trinajstić information content (AvgIpc) is 3.10. The number of hydrogen-bond acceptors (Lipinski definition) is 6. The van der Waals surface area contributed by atoms with Crippen molar-refractivity contribution in [2.24, 2.45) is 28.6 Å². The highest BCUT2D eigenvalue weighted by atomic mass is 16.8. The summed E-state index contributed by atoms with van der Waals surface area (Å²) in [6.45, 7) is 6.39. The van der Waals surface area contributed by atoms with Crippen LogP contribution in [-0.4, -0.2) is 47.1 Å². The first kappa shape index (κ1) is 19.6. The highest BCUT2D eigenvalue weighted by molar-refractivity contribution is 5.93. The Kier molecular flexibility index (Phi) is 3.68. The first-order valence-electron chi connectivity index (χ1n) is 11.5. The summed E-state index contributed by atoms with van der Waals surface area (Å²) in [6.07, 6.45) is 6.95. The number of hydrogen-bond donors (Lipinski definition) is 1. The predicted molar refractivity (Wildman–Crippen MR) is 106 cm³/mol. The molecule has 0 bridgehead atoms. The fourth-order valence-electron chi connectivity index (χ4n) is 8.51. The van der Waals surface area contributed by atoms with Crippen LogP contribution in [0.1, 0.15) is 65.7 Å². The van der Waals surface area contributed by atoms with Gasteiger partial charge in [0, 0.05) is 24.2 Å². The Hall–Kier alpha value is -1.08. The van der Waals surface area contributed by atoms with E-state index in [9.17, 15) is 14.7 Å². The fourth-order valence-corrected chi connectivity index (χ4v) is 8.51. The van der Waals surface area contributed by atoms with Crippen LogP contribution in [0.2, 0.25) is 0 Å². The van der Waals surface area contributed by atoms with Crippen molar-refractivity contribution in [2.75, 3.05) is 13.2 Å². The molecule has 164 valence electrons. The zero-order chi connectivity index (χ0) is 21.2. The SMILES string of the molecule is CC1(C)OC[C@@]2(O)OC[C@]34CC(=O)[C@H]5[C@@H](CCC6=CC(=O)CC[C@@]65C)[C@@H]3CC[C@@]42O1. The van der Waals surface area contributed by atoms with E-state index in [-0.39, 0.29) is 41.3 Å². The Morgan fingerprint density at radius 1 is 1.03 bits per heavy atom. The van der Waals surface area contributed by atoms with Crippen LogP contribution < -0.4 is 0 Å². The van der Waals surface area contributed by atoms with Crippen molar-refractivity contribution in [1.29, 1.82) is 0 Å². The maximum Gasteiger partial charge on any atom is 0.220 e. The molecule has 6 nitrogen and oxygen atoms in total. The van der Waals surface area contributed by atoms with Crippen LogP contribution in [0.4, 0.5) is 0 Å². The Balaban J connectivity index is 1.44. The van der Waals surface area contributed by atoms with Crippen molar-refractivity contribution in [2.45, 2.75) is 82.9 Å². The smallest absolute Gasteiger partial charge is 0.220 e. The third-order valence-electron chi connectivity index (χ3n) is 9.73. The first-order chi connectivity index (χ1) is 14.1. The average molecular weight is 417 g/mol. The number of ether oxygens (including phenoxy) is 3. The summed E-state index contributed by atoms with van der Waals surface area (Å²) in [5, 5.41) is 11.5. The molecule has 0 aromatic rings. The number of carbonyl (C=O) groups excluding carboxylic acids is 2. The standard InChI is InChI=1S/C24H32O6/c1-20(2)28-13-24(27)23(30-20)9-7-17-16-5-4-14-10-15(25)6-8-21(14,3)19(16)18(26)11-22(17,23)12-29-24/h10,16-17,19,27H,4-9,11-13H2,1-3H3/t16-,17-,19+,21-,22+,23+,24+/m0/s1. The van der Waals surface area contributed by atoms with E-state index < -0.39 is 22.6 Å². The molecule has 6 heteroatoms. The van der Waals surface area contributed by atoms with Gasteiger partial charge in [-0.2, -0.15) is 0 Å². The maximum atomic E-state index is 13.9. The molecule has 0 unspecified atom stereocenters. The van der Waals surface area contributed by atoms with Crippen LogP contribution in [0.5, 0.6) is 0 Å². The summed E-state index contributed by atoms with van der Waals surface area (Å²) < 4.78 is 18.3. The molecule has 3 saturated carbocycles. The molecule has 0 aromatic heterocycles. The summed E-state index contributed by atoms with van der Waals surface area (Å²) in [7, 11) is 0. The van der Waals surface area contributed by atoms with Crippen molar-refractivity contribution in [1.82, 2.24) is 0 Å². The van der Waals surface area contributed by atoms with Gasteiger partial charge >= 0.3 is 0 Å². The van der Waals surface area contributed by atoms with Gasteiger partial charge in [0.2, 0.25) is 5.79 Å². The van der Waals surface area contributed by atoms with Gasteiger partial charge < -0.3 is 19.3 Å². The van der Waals surface area contributed by atoms with Crippen LogP contribution in [0.3, 0.4) is 0 Å². The normalized spacial score (nSPS) is 53.9. The third-order valence-corrected chi connectivity index (χ3v) is 9.73. The van der Waals surface area contributed by atoms with Gasteiger partial charge in [-0.1, -0.05) is 12.5 Å². The Morgan fingerprint density at radius 2 is 1.83 bits per heavy atom. The lowest BCUT2D eigenvalue weighted by atomic mass is 9.45. The molecule has 2 saturated heterocycles. The van der Waals surface area contributed by atoms with Crippen molar-refractivity contribution >= 4 is 11.6 Å². The second-order valence-corrected chi connectivity index (χ2v) is 11.4. The zero-order valence-electron chi connectivity index (χ0n) is 18.2. The van der Waals surface area contributed by atoms with E-state index in [1.807, 2.05) is 19.9 Å². The van der Waals surface area contributed by atoms with Gasteiger partial charge in [-0.3, -0.25) is 9.59 Å². The number of carbonyl (C=O) groups is 2. The van der Waals surface area contributed by atoms with Gasteiger partial charge in [0.25, 0.3) is 0 Å². The van der Waals surface area contributed by atoms with E-state index in [0.29, 0.717) is 25.9 Å². The fraction of sp³-hybridized carbons (Fsp3) is 0.833. The van der Waals surface area contributed by atoms with Crippen molar-refractivity contribution < 1.29 is 28.9 Å². The lowest BCUT2D eigenvalue weighted by molar-refractivity contribution is -0.417. The summed E-state index contributed by atoms with van der Waals surface area (Å²) >= 11 is 0. The Morgan fingerprint density at radius 3 is 2.63 bits per heavy atom. The third kappa shape index (κ3) is 2.09. The highest BCUT2D eigenvalue weighted by Gasteiger charge is 2.80. The van der Waals surface area contributed by atoms with Crippen LogP contribution in [0.25, 0.3) is 0 Å². The molecular weight excluding hydrogens is 384 g/mol. The molecule has 7 atom stereocenters. The minimum Gasteiger partial charge on any atom is -0.361 e. The number of aliphatic hydroxyl groups is 1. The number of ketones is 2. The molecule has 0 amide bonds. The van der Waals surface area contributed by atoms with Gasteiger partial charge in [0.05, 0.1) is 6.61 Å². The number of fused-ring (bicyclic) bond motifs is 4. The number of allylic oxidation sites excluding steroid dienone is 1. The van der Waals surface area contributed by atoms with Gasteiger partial charge in [-0.15, -0.1) is 0 Å². The number of rotatable bonds is 0. The van der Waals surface area contributed by atoms with E-state index in [1.54, 1.807) is 0 Å². The van der Waals surface area contributed by atoms with Gasteiger partial charge in [0.1, 0.15) is 18.0 Å². The monoisotopic (exact) mass is 416 g/mol. The molecule has 0 aromatic carbocycles. The molecule has 6 aliphatic rings. The molecule has 0 radical (unpaired) electrons. The second kappa shape index (κ2) is 5.64. The minimum atomic E-state index is -1.49. The van der Waals surface area contributed by atoms with Crippen LogP contribution >= 0.6 is 0 Å². The first-order valence-corrected chi connectivity index (χ1v) is 11.5. The quantitative estimate of drug-likeness (QED) is 0.654. The van der Waals surface area contributed by atoms with E-state index >= 15 is 0 Å². The Labute approximate surface area is 177 Å². The molecule has 2 heterocycles. The lowest BCUT2D eigenvalue weighted by Gasteiger charge is -2.59. The van der Waals surface area contributed by atoms with Crippen molar-refractivity contribution in [3.63, 3.8) is 0 Å². The van der Waals surface area contributed by atoms with Crippen LogP contribution in [0, 0.1) is 28.6 Å². The molecule has 4 aliphatic carbocycles. The molecule has 2 aliphatic heterocycles. The molecule has 5 fully saturated rings. The van der Waals surface area contributed by atoms with Crippen molar-refractivity contribution in [3.05, 3.63) is 11.6 Å². The van der Waals surface area contributed by atoms with Gasteiger partial charge in [-0.25, -0.2) is 0 Å². The summed E-state index contributed by atoms with van der Waals surface area (Å²) in [5.74, 6) is -1.36. The lowest BCUT2D eigenvalue weighted by Crippen LogP contribution is -2.70. The minimum absolute atomic E-state index is 0.0436. The maximum absolute atomic E-state index is 13.9. The highest BCUT2D eigenvalue weighted by Crippen LogP contribution is 2.72. The zero-order valence-corrected chi connectivity index (χ0v) is 18.2. The topological polar surface area (TPSA) is 82.1 Å². The molecule has 6 rings (SSSR count). The van der Waals surface area contributed by atoms with E-state index in [2.05, 4.69) is 6.92 Å². The van der Waals surface area contributed by atoms with Crippen LogP contribution in [0.15, 0.2) is 11.6 Å². The van der Waals surface area contributed by atoms with E-state index in [0.717, 1.165) is 25.7 Å². The van der Waals surface area contributed by atoms with Gasteiger partial charge in [0.15, 0.2) is 11.6 Å². The van der Waals surface area contributed by atoms with Crippen LogP contribution in [-0.2, 0) is 23.8 Å². The predicted octanol–water partition coefficient (Wildman–Crippen LogP) is 2.92. The second-order valence-electron chi connectivity index (χ2n) is 11.4. The van der Waals surface area contributed by atoms with Crippen molar-refractivity contribution in [3.8, 4) is 0 Å². The largest absolute Gasteiger partial charge is 0.361 e. The molecule has 30 heavy (non-hydrogen) atoms. The molecule has 2 spiro atoms. The Bertz CT molecular complexity index is 877. The summed E-state index contributed by atoms with van der Waals surface area (Å²) in [6, 6.07) is 0. The number of Topliss-reactive ketones (excluding diaryl/α,β-unsaturated/α-hetero) is 1. The summed E-state index contributed by atoms with van der Waals surface area (Å²) in [4.78, 5) is 25.9.